The van der Waals surface area contributed by atoms with Crippen molar-refractivity contribution in [2.75, 3.05) is 23.3 Å². The molecule has 5 heteroatoms. The molecule has 2 rings (SSSR count). The third-order valence-corrected chi connectivity index (χ3v) is 3.29. The Labute approximate surface area is 117 Å². The number of rotatable bonds is 4. The Bertz CT molecular complexity index is 529. The zero-order valence-corrected chi connectivity index (χ0v) is 11.4. The van der Waals surface area contributed by atoms with Gasteiger partial charge in [-0.05, 0) is 44.0 Å². The lowest BCUT2D eigenvalue weighted by molar-refractivity contribution is -0.132. The van der Waals surface area contributed by atoms with E-state index in [1.54, 1.807) is 0 Å². The number of carboxylic acids is 1. The van der Waals surface area contributed by atoms with Crippen molar-refractivity contribution in [3.05, 3.63) is 35.9 Å². The number of carbonyl (C=O) groups is 2. The van der Waals surface area contributed by atoms with Gasteiger partial charge in [0.1, 0.15) is 0 Å². The molecule has 2 N–H and O–H groups in total. The molecule has 1 aliphatic rings. The summed E-state index contributed by atoms with van der Waals surface area (Å²) in [4.78, 5) is 24.5. The third-order valence-electron chi connectivity index (χ3n) is 3.29. The van der Waals surface area contributed by atoms with Crippen LogP contribution in [0.2, 0.25) is 0 Å². The molecule has 1 heterocycles. The predicted octanol–water partition coefficient (Wildman–Crippen LogP) is 2.26. The Morgan fingerprint density at radius 1 is 1.20 bits per heavy atom. The van der Waals surface area contributed by atoms with Crippen molar-refractivity contribution in [3.8, 4) is 0 Å². The highest BCUT2D eigenvalue weighted by molar-refractivity contribution is 6.04. The van der Waals surface area contributed by atoms with Gasteiger partial charge in [0.2, 0.25) is 5.91 Å². The van der Waals surface area contributed by atoms with Crippen molar-refractivity contribution in [1.82, 2.24) is 0 Å². The molecule has 1 fully saturated rings. The Balaban J connectivity index is 1.98. The number of carbonyl (C=O) groups excluding carboxylic acids is 1. The molecular formula is C15H18N2O3. The number of amides is 1. The molecular weight excluding hydrogens is 256 g/mol. The second-order valence-corrected chi connectivity index (χ2v) is 4.86. The van der Waals surface area contributed by atoms with Gasteiger partial charge in [-0.25, -0.2) is 4.79 Å². The molecule has 0 aliphatic carbocycles. The normalized spacial score (nSPS) is 15.2. The summed E-state index contributed by atoms with van der Waals surface area (Å²) in [5, 5.41) is 11.3. The minimum absolute atomic E-state index is 0.0104. The SMILES string of the molecule is C/C(=C\C(=O)Nc1ccc(N2CCCC2)cc1)C(=O)O. The van der Waals surface area contributed by atoms with Crippen LogP contribution in [0, 0.1) is 0 Å². The van der Waals surface area contributed by atoms with Crippen molar-refractivity contribution >= 4 is 23.3 Å². The first-order valence-electron chi connectivity index (χ1n) is 6.64. The highest BCUT2D eigenvalue weighted by atomic mass is 16.4. The van der Waals surface area contributed by atoms with Crippen molar-refractivity contribution in [2.24, 2.45) is 0 Å². The van der Waals surface area contributed by atoms with Gasteiger partial charge in [-0.2, -0.15) is 0 Å². The van der Waals surface area contributed by atoms with Gasteiger partial charge in [0.05, 0.1) is 0 Å². The second kappa shape index (κ2) is 6.23. The molecule has 0 atom stereocenters. The number of carboxylic acid groups (broad SMARTS) is 1. The van der Waals surface area contributed by atoms with E-state index in [-0.39, 0.29) is 5.57 Å². The van der Waals surface area contributed by atoms with Gasteiger partial charge in [-0.15, -0.1) is 0 Å². The number of hydrogen-bond donors (Lipinski definition) is 2. The molecule has 1 aliphatic heterocycles. The summed E-state index contributed by atoms with van der Waals surface area (Å²) in [5.74, 6) is -1.52. The van der Waals surface area contributed by atoms with Crippen molar-refractivity contribution in [3.63, 3.8) is 0 Å². The van der Waals surface area contributed by atoms with E-state index in [2.05, 4.69) is 10.2 Å². The van der Waals surface area contributed by atoms with Crippen molar-refractivity contribution < 1.29 is 14.7 Å². The van der Waals surface area contributed by atoms with Crippen LogP contribution in [0.25, 0.3) is 0 Å². The van der Waals surface area contributed by atoms with Crippen LogP contribution in [0.15, 0.2) is 35.9 Å². The van der Waals surface area contributed by atoms with Gasteiger partial charge in [0.25, 0.3) is 0 Å². The number of aliphatic carboxylic acids is 1. The third kappa shape index (κ3) is 3.60. The zero-order valence-electron chi connectivity index (χ0n) is 11.4. The van der Waals surface area contributed by atoms with Gasteiger partial charge < -0.3 is 15.3 Å². The molecule has 0 saturated carbocycles. The molecule has 106 valence electrons. The van der Waals surface area contributed by atoms with E-state index in [1.807, 2.05) is 24.3 Å². The summed E-state index contributed by atoms with van der Waals surface area (Å²) in [6, 6.07) is 7.59. The van der Waals surface area contributed by atoms with Crippen LogP contribution in [-0.2, 0) is 9.59 Å². The Morgan fingerprint density at radius 2 is 1.80 bits per heavy atom. The fourth-order valence-electron chi connectivity index (χ4n) is 2.17. The standard InChI is InChI=1S/C15H18N2O3/c1-11(15(19)20)10-14(18)16-12-4-6-13(7-5-12)17-8-2-3-9-17/h4-7,10H,2-3,8-9H2,1H3,(H,16,18)(H,19,20)/b11-10+. The summed E-state index contributed by atoms with van der Waals surface area (Å²) >= 11 is 0. The minimum Gasteiger partial charge on any atom is -0.478 e. The first-order chi connectivity index (χ1) is 9.56. The lowest BCUT2D eigenvalue weighted by Gasteiger charge is -2.17. The van der Waals surface area contributed by atoms with E-state index in [0.29, 0.717) is 5.69 Å². The van der Waals surface area contributed by atoms with Crippen LogP contribution < -0.4 is 10.2 Å². The fraction of sp³-hybridized carbons (Fsp3) is 0.333. The van der Waals surface area contributed by atoms with E-state index in [1.165, 1.54) is 19.8 Å². The molecule has 5 nitrogen and oxygen atoms in total. The summed E-state index contributed by atoms with van der Waals surface area (Å²) < 4.78 is 0. The maximum atomic E-state index is 11.6. The molecule has 0 spiro atoms. The number of hydrogen-bond acceptors (Lipinski definition) is 3. The topological polar surface area (TPSA) is 69.6 Å². The van der Waals surface area contributed by atoms with Gasteiger partial charge >= 0.3 is 5.97 Å². The monoisotopic (exact) mass is 274 g/mol. The fourth-order valence-corrected chi connectivity index (χ4v) is 2.17. The second-order valence-electron chi connectivity index (χ2n) is 4.86. The number of nitrogens with one attached hydrogen (secondary N) is 1. The van der Waals surface area contributed by atoms with Crippen LogP contribution in [0.4, 0.5) is 11.4 Å². The Morgan fingerprint density at radius 3 is 2.35 bits per heavy atom. The average Bonchev–Trinajstić information content (AvgIpc) is 2.93. The predicted molar refractivity (Wildman–Crippen MR) is 77.9 cm³/mol. The molecule has 1 saturated heterocycles. The lowest BCUT2D eigenvalue weighted by Crippen LogP contribution is -2.17. The van der Waals surface area contributed by atoms with Crippen LogP contribution >= 0.6 is 0 Å². The average molecular weight is 274 g/mol. The van der Waals surface area contributed by atoms with E-state index >= 15 is 0 Å². The first-order valence-corrected chi connectivity index (χ1v) is 6.64. The van der Waals surface area contributed by atoms with E-state index in [4.69, 9.17) is 5.11 Å². The molecule has 1 aromatic carbocycles. The van der Waals surface area contributed by atoms with Crippen molar-refractivity contribution in [1.29, 1.82) is 0 Å². The van der Waals surface area contributed by atoms with E-state index < -0.39 is 11.9 Å². The van der Waals surface area contributed by atoms with Crippen LogP contribution in [0.5, 0.6) is 0 Å². The number of nitrogens with zero attached hydrogens (tertiary/aromatic N) is 1. The molecule has 1 aromatic rings. The number of anilines is 2. The van der Waals surface area contributed by atoms with Gasteiger partial charge in [-0.1, -0.05) is 0 Å². The van der Waals surface area contributed by atoms with Gasteiger partial charge in [0, 0.05) is 36.1 Å². The summed E-state index contributed by atoms with van der Waals surface area (Å²) in [7, 11) is 0. The quantitative estimate of drug-likeness (QED) is 0.826. The van der Waals surface area contributed by atoms with Crippen LogP contribution in [0.1, 0.15) is 19.8 Å². The lowest BCUT2D eigenvalue weighted by atomic mass is 10.2. The smallest absolute Gasteiger partial charge is 0.331 e. The Kier molecular flexibility index (Phi) is 4.40. The molecule has 20 heavy (non-hydrogen) atoms. The zero-order chi connectivity index (χ0) is 14.5. The highest BCUT2D eigenvalue weighted by Gasteiger charge is 2.12. The van der Waals surface area contributed by atoms with Gasteiger partial charge in [-0.3, -0.25) is 4.79 Å². The van der Waals surface area contributed by atoms with E-state index in [0.717, 1.165) is 24.9 Å². The summed E-state index contributed by atoms with van der Waals surface area (Å²) in [6.45, 7) is 3.54. The minimum atomic E-state index is -1.09. The first kappa shape index (κ1) is 14.1. The number of benzene rings is 1. The van der Waals surface area contributed by atoms with Crippen LogP contribution in [-0.4, -0.2) is 30.1 Å². The molecule has 0 bridgehead atoms. The summed E-state index contributed by atoms with van der Waals surface area (Å²) in [6.07, 6.45) is 3.52. The molecule has 0 unspecified atom stereocenters. The molecule has 1 amide bonds. The largest absolute Gasteiger partial charge is 0.478 e. The van der Waals surface area contributed by atoms with Crippen LogP contribution in [0.3, 0.4) is 0 Å². The highest BCUT2D eigenvalue weighted by Crippen LogP contribution is 2.22. The van der Waals surface area contributed by atoms with Gasteiger partial charge in [0.15, 0.2) is 0 Å². The van der Waals surface area contributed by atoms with E-state index in [9.17, 15) is 9.59 Å². The van der Waals surface area contributed by atoms with Crippen molar-refractivity contribution in [2.45, 2.75) is 19.8 Å². The molecule has 0 aromatic heterocycles. The summed E-state index contributed by atoms with van der Waals surface area (Å²) in [5.41, 5.74) is 1.82. The molecule has 0 radical (unpaired) electrons. The maximum absolute atomic E-state index is 11.6. The Hall–Kier alpha value is -2.30. The maximum Gasteiger partial charge on any atom is 0.331 e.